The molecule has 4 nitrogen and oxygen atoms in total. The summed E-state index contributed by atoms with van der Waals surface area (Å²) in [5.41, 5.74) is 1.34. The minimum Gasteiger partial charge on any atom is -0.339 e. The molecule has 0 atom stereocenters. The van der Waals surface area contributed by atoms with Crippen LogP contribution in [0.5, 0.6) is 0 Å². The molecule has 1 aliphatic heterocycles. The van der Waals surface area contributed by atoms with Gasteiger partial charge in [-0.1, -0.05) is 35.3 Å². The summed E-state index contributed by atoms with van der Waals surface area (Å²) in [5.74, 6) is -0.405. The van der Waals surface area contributed by atoms with Crippen LogP contribution in [-0.4, -0.2) is 47.8 Å². The van der Waals surface area contributed by atoms with Crippen molar-refractivity contribution in [1.82, 2.24) is 9.80 Å². The number of benzene rings is 2. The molecule has 142 valence electrons. The first-order valence-electron chi connectivity index (χ1n) is 8.70. The molecule has 0 radical (unpaired) electrons. The zero-order chi connectivity index (χ0) is 19.4. The molecule has 2 aromatic carbocycles. The number of aryl methyl sites for hydroxylation is 1. The van der Waals surface area contributed by atoms with Gasteiger partial charge in [0.25, 0.3) is 5.91 Å². The second kappa shape index (κ2) is 8.72. The van der Waals surface area contributed by atoms with Gasteiger partial charge < -0.3 is 9.80 Å². The normalized spacial score (nSPS) is 14.3. The van der Waals surface area contributed by atoms with Crippen molar-refractivity contribution in [3.8, 4) is 0 Å². The maximum absolute atomic E-state index is 12.9. The molecular formula is C20H19Cl2FN2O2. The number of amides is 2. The summed E-state index contributed by atoms with van der Waals surface area (Å²) in [6, 6.07) is 11.0. The fourth-order valence-corrected chi connectivity index (χ4v) is 3.54. The van der Waals surface area contributed by atoms with Gasteiger partial charge in [-0.3, -0.25) is 9.59 Å². The van der Waals surface area contributed by atoms with Crippen molar-refractivity contribution in [1.29, 1.82) is 0 Å². The molecule has 1 saturated heterocycles. The molecule has 1 aliphatic rings. The number of carbonyl (C=O) groups excluding carboxylic acids is 2. The second-order valence-corrected chi connectivity index (χ2v) is 7.27. The van der Waals surface area contributed by atoms with E-state index >= 15 is 0 Å². The lowest BCUT2D eigenvalue weighted by atomic mass is 10.1. The minimum absolute atomic E-state index is 0.0379. The summed E-state index contributed by atoms with van der Waals surface area (Å²) >= 11 is 12.0. The fourth-order valence-electron chi connectivity index (χ4n) is 3.05. The number of nitrogens with zero attached hydrogens (tertiary/aromatic N) is 2. The van der Waals surface area contributed by atoms with Crippen LogP contribution in [0.4, 0.5) is 4.39 Å². The van der Waals surface area contributed by atoms with Gasteiger partial charge in [-0.2, -0.15) is 0 Å². The van der Waals surface area contributed by atoms with Crippen LogP contribution in [0.2, 0.25) is 10.0 Å². The van der Waals surface area contributed by atoms with Crippen LogP contribution in [-0.2, 0) is 11.2 Å². The molecule has 0 unspecified atom stereocenters. The van der Waals surface area contributed by atoms with Crippen LogP contribution >= 0.6 is 23.2 Å². The Bertz CT molecular complexity index is 834. The zero-order valence-electron chi connectivity index (χ0n) is 14.6. The number of halogens is 3. The molecule has 0 bridgehead atoms. The Morgan fingerprint density at radius 3 is 2.19 bits per heavy atom. The standard InChI is InChI=1S/C20H19Cl2FN2O2/c21-15-4-7-17(18(22)13-15)20(27)25-11-9-24(10-12-25)19(26)8-3-14-1-5-16(23)6-2-14/h1-2,4-7,13H,3,8-12H2. The van der Waals surface area contributed by atoms with Crippen molar-refractivity contribution >= 4 is 35.0 Å². The minimum atomic E-state index is -0.286. The Morgan fingerprint density at radius 2 is 1.56 bits per heavy atom. The Hall–Kier alpha value is -2.11. The maximum atomic E-state index is 12.9. The van der Waals surface area contributed by atoms with Crippen LogP contribution in [0.25, 0.3) is 0 Å². The molecule has 0 saturated carbocycles. The van der Waals surface area contributed by atoms with Gasteiger partial charge >= 0.3 is 0 Å². The van der Waals surface area contributed by atoms with Crippen LogP contribution in [0.3, 0.4) is 0 Å². The molecule has 0 spiro atoms. The average Bonchev–Trinajstić information content (AvgIpc) is 2.67. The third-order valence-electron chi connectivity index (χ3n) is 4.62. The van der Waals surface area contributed by atoms with E-state index in [1.807, 2.05) is 0 Å². The summed E-state index contributed by atoms with van der Waals surface area (Å²) in [4.78, 5) is 28.5. The summed E-state index contributed by atoms with van der Waals surface area (Å²) < 4.78 is 12.9. The molecule has 0 aromatic heterocycles. The van der Waals surface area contributed by atoms with Gasteiger partial charge in [-0.05, 0) is 42.3 Å². The first kappa shape index (κ1) is 19.6. The number of hydrogen-bond acceptors (Lipinski definition) is 2. The third-order valence-corrected chi connectivity index (χ3v) is 5.17. The molecule has 27 heavy (non-hydrogen) atoms. The van der Waals surface area contributed by atoms with Crippen molar-refractivity contribution in [2.45, 2.75) is 12.8 Å². The quantitative estimate of drug-likeness (QED) is 0.765. The highest BCUT2D eigenvalue weighted by Gasteiger charge is 2.25. The number of hydrogen-bond donors (Lipinski definition) is 0. The van der Waals surface area contributed by atoms with Crippen molar-refractivity contribution in [2.75, 3.05) is 26.2 Å². The van der Waals surface area contributed by atoms with Crippen LogP contribution in [0.15, 0.2) is 42.5 Å². The number of piperazine rings is 1. The van der Waals surface area contributed by atoms with E-state index in [9.17, 15) is 14.0 Å². The summed E-state index contributed by atoms with van der Waals surface area (Å²) in [6.07, 6.45) is 0.932. The lowest BCUT2D eigenvalue weighted by Gasteiger charge is -2.35. The predicted octanol–water partition coefficient (Wildman–Crippen LogP) is 4.05. The largest absolute Gasteiger partial charge is 0.339 e. The zero-order valence-corrected chi connectivity index (χ0v) is 16.1. The van der Waals surface area contributed by atoms with Crippen molar-refractivity contribution < 1.29 is 14.0 Å². The van der Waals surface area contributed by atoms with Crippen molar-refractivity contribution in [3.63, 3.8) is 0 Å². The summed E-state index contributed by atoms with van der Waals surface area (Å²) in [7, 11) is 0. The number of rotatable bonds is 4. The van der Waals surface area contributed by atoms with E-state index in [4.69, 9.17) is 23.2 Å². The highest BCUT2D eigenvalue weighted by molar-refractivity contribution is 6.36. The van der Waals surface area contributed by atoms with Crippen LogP contribution in [0, 0.1) is 5.82 Å². The number of carbonyl (C=O) groups is 2. The van der Waals surface area contributed by atoms with E-state index in [1.165, 1.54) is 12.1 Å². The average molecular weight is 409 g/mol. The third kappa shape index (κ3) is 4.99. The smallest absolute Gasteiger partial charge is 0.255 e. The first-order valence-corrected chi connectivity index (χ1v) is 9.46. The molecule has 2 amide bonds. The fraction of sp³-hybridized carbons (Fsp3) is 0.300. The Balaban J connectivity index is 1.51. The summed E-state index contributed by atoms with van der Waals surface area (Å²) in [5, 5.41) is 0.804. The Morgan fingerprint density at radius 1 is 0.926 bits per heavy atom. The van der Waals surface area contributed by atoms with Gasteiger partial charge in [-0.15, -0.1) is 0 Å². The molecule has 2 aromatic rings. The van der Waals surface area contributed by atoms with Gasteiger partial charge in [0.1, 0.15) is 5.82 Å². The van der Waals surface area contributed by atoms with Crippen LogP contribution in [0.1, 0.15) is 22.3 Å². The lowest BCUT2D eigenvalue weighted by Crippen LogP contribution is -2.50. The van der Waals surface area contributed by atoms with E-state index < -0.39 is 0 Å². The Labute approximate surface area is 167 Å². The van der Waals surface area contributed by atoms with E-state index in [0.717, 1.165) is 5.56 Å². The molecule has 1 fully saturated rings. The van der Waals surface area contributed by atoms with Gasteiger partial charge in [0, 0.05) is 37.6 Å². The van der Waals surface area contributed by atoms with Gasteiger partial charge in [-0.25, -0.2) is 4.39 Å². The SMILES string of the molecule is O=C(CCc1ccc(F)cc1)N1CCN(C(=O)c2ccc(Cl)cc2Cl)CC1. The predicted molar refractivity (Wildman–Crippen MR) is 104 cm³/mol. The lowest BCUT2D eigenvalue weighted by molar-refractivity contribution is -0.132. The van der Waals surface area contributed by atoms with Gasteiger partial charge in [0.05, 0.1) is 10.6 Å². The molecule has 1 heterocycles. The first-order chi connectivity index (χ1) is 12.9. The van der Waals surface area contributed by atoms with Gasteiger partial charge in [0.2, 0.25) is 5.91 Å². The summed E-state index contributed by atoms with van der Waals surface area (Å²) in [6.45, 7) is 1.89. The van der Waals surface area contributed by atoms with Crippen molar-refractivity contribution in [2.24, 2.45) is 0 Å². The maximum Gasteiger partial charge on any atom is 0.255 e. The van der Waals surface area contributed by atoms with Crippen molar-refractivity contribution in [3.05, 3.63) is 69.5 Å². The van der Waals surface area contributed by atoms with Gasteiger partial charge in [0.15, 0.2) is 0 Å². The topological polar surface area (TPSA) is 40.6 Å². The Kier molecular flexibility index (Phi) is 6.34. The van der Waals surface area contributed by atoms with E-state index in [2.05, 4.69) is 0 Å². The molecule has 0 N–H and O–H groups in total. The second-order valence-electron chi connectivity index (χ2n) is 6.42. The molecule has 7 heteroatoms. The molecule has 3 rings (SSSR count). The highest BCUT2D eigenvalue weighted by atomic mass is 35.5. The molecular weight excluding hydrogens is 390 g/mol. The van der Waals surface area contributed by atoms with E-state index in [-0.39, 0.29) is 17.6 Å². The van der Waals surface area contributed by atoms with E-state index in [1.54, 1.807) is 40.1 Å². The monoisotopic (exact) mass is 408 g/mol. The molecule has 0 aliphatic carbocycles. The highest BCUT2D eigenvalue weighted by Crippen LogP contribution is 2.23. The van der Waals surface area contributed by atoms with E-state index in [0.29, 0.717) is 54.6 Å². The van der Waals surface area contributed by atoms with Crippen LogP contribution < -0.4 is 0 Å².